The topological polar surface area (TPSA) is 121 Å². The van der Waals surface area contributed by atoms with Crippen molar-refractivity contribution in [3.8, 4) is 6.07 Å². The molecule has 2 atom stereocenters. The van der Waals surface area contributed by atoms with E-state index >= 15 is 0 Å². The standard InChI is InChI=1S/C24H28N4O5/c1-15-8-7-9-16(12-15)14-26-28-21(24(31)33-3)19(23(30)32-2)20(18(13-25)22(28)29)27-17-10-5-4-6-11-17/h7-9,12,14,17-18,21,27H,4-6,10-11H2,1-3H3/b26-14+. The third-order valence-electron chi connectivity index (χ3n) is 5.87. The van der Waals surface area contributed by atoms with Gasteiger partial charge in [-0.2, -0.15) is 10.4 Å². The maximum Gasteiger partial charge on any atom is 0.338 e. The summed E-state index contributed by atoms with van der Waals surface area (Å²) in [5.74, 6) is -3.74. The molecular weight excluding hydrogens is 424 g/mol. The molecule has 1 aromatic rings. The Balaban J connectivity index is 2.11. The van der Waals surface area contributed by atoms with E-state index in [0.717, 1.165) is 49.8 Å². The number of nitriles is 1. The Labute approximate surface area is 193 Å². The average molecular weight is 453 g/mol. The number of carbonyl (C=O) groups is 3. The molecule has 0 spiro atoms. The number of methoxy groups -OCH3 is 2. The molecule has 1 N–H and O–H groups in total. The van der Waals surface area contributed by atoms with Crippen LogP contribution in [0.5, 0.6) is 0 Å². The summed E-state index contributed by atoms with van der Waals surface area (Å²) in [7, 11) is 2.34. The minimum atomic E-state index is -1.48. The highest BCUT2D eigenvalue weighted by Crippen LogP contribution is 2.32. The Morgan fingerprint density at radius 1 is 1.21 bits per heavy atom. The molecule has 1 aromatic carbocycles. The zero-order valence-corrected chi connectivity index (χ0v) is 19.0. The minimum Gasteiger partial charge on any atom is -0.467 e. The minimum absolute atomic E-state index is 0.0160. The van der Waals surface area contributed by atoms with E-state index < -0.39 is 29.8 Å². The summed E-state index contributed by atoms with van der Waals surface area (Å²) in [6.45, 7) is 1.91. The van der Waals surface area contributed by atoms with E-state index in [1.54, 1.807) is 6.07 Å². The fourth-order valence-corrected chi connectivity index (χ4v) is 4.22. The van der Waals surface area contributed by atoms with E-state index in [1.165, 1.54) is 13.3 Å². The number of rotatable bonds is 6. The average Bonchev–Trinajstić information content (AvgIpc) is 2.83. The summed E-state index contributed by atoms with van der Waals surface area (Å²) in [5.41, 5.74) is 1.63. The van der Waals surface area contributed by atoms with Gasteiger partial charge in [-0.25, -0.2) is 14.6 Å². The molecule has 0 saturated heterocycles. The van der Waals surface area contributed by atoms with Gasteiger partial charge in [-0.05, 0) is 25.3 Å². The number of ether oxygens (including phenoxy) is 2. The highest BCUT2D eigenvalue weighted by atomic mass is 16.5. The van der Waals surface area contributed by atoms with E-state index in [1.807, 2.05) is 31.2 Å². The van der Waals surface area contributed by atoms with Gasteiger partial charge in [0.25, 0.3) is 5.91 Å². The number of amides is 1. The van der Waals surface area contributed by atoms with Gasteiger partial charge >= 0.3 is 11.9 Å². The first-order chi connectivity index (χ1) is 15.9. The first-order valence-electron chi connectivity index (χ1n) is 10.9. The fourth-order valence-electron chi connectivity index (χ4n) is 4.22. The van der Waals surface area contributed by atoms with Gasteiger partial charge in [0.05, 0.1) is 37.8 Å². The third kappa shape index (κ3) is 5.22. The molecule has 1 fully saturated rings. The van der Waals surface area contributed by atoms with Crippen LogP contribution in [-0.4, -0.2) is 55.4 Å². The van der Waals surface area contributed by atoms with Crippen molar-refractivity contribution in [2.45, 2.75) is 51.1 Å². The molecular formula is C24H28N4O5. The lowest BCUT2D eigenvalue weighted by molar-refractivity contribution is -0.155. The van der Waals surface area contributed by atoms with E-state index in [4.69, 9.17) is 9.47 Å². The van der Waals surface area contributed by atoms with Gasteiger partial charge in [-0.1, -0.05) is 49.1 Å². The van der Waals surface area contributed by atoms with Crippen LogP contribution in [0.15, 0.2) is 40.6 Å². The van der Waals surface area contributed by atoms with E-state index in [9.17, 15) is 19.6 Å². The molecule has 33 heavy (non-hydrogen) atoms. The predicted octanol–water partition coefficient (Wildman–Crippen LogP) is 2.20. The summed E-state index contributed by atoms with van der Waals surface area (Å²) in [4.78, 5) is 39.0. The number of esters is 2. The molecule has 1 heterocycles. The van der Waals surface area contributed by atoms with E-state index in [0.29, 0.717) is 5.56 Å². The first-order valence-corrected chi connectivity index (χ1v) is 10.9. The summed E-state index contributed by atoms with van der Waals surface area (Å²) >= 11 is 0. The molecule has 1 aliphatic carbocycles. The molecule has 1 aliphatic heterocycles. The second-order valence-corrected chi connectivity index (χ2v) is 8.13. The molecule has 2 unspecified atom stereocenters. The number of nitrogens with zero attached hydrogens (tertiary/aromatic N) is 3. The van der Waals surface area contributed by atoms with Crippen LogP contribution in [0.4, 0.5) is 0 Å². The number of aryl methyl sites for hydroxylation is 1. The highest BCUT2D eigenvalue weighted by Gasteiger charge is 2.49. The Morgan fingerprint density at radius 2 is 1.94 bits per heavy atom. The van der Waals surface area contributed by atoms with Crippen molar-refractivity contribution >= 4 is 24.1 Å². The third-order valence-corrected chi connectivity index (χ3v) is 5.87. The maximum absolute atomic E-state index is 13.3. The molecule has 1 amide bonds. The number of hydrogen-bond acceptors (Lipinski definition) is 8. The Hall–Kier alpha value is -3.67. The van der Waals surface area contributed by atoms with Crippen LogP contribution in [0.2, 0.25) is 0 Å². The highest BCUT2D eigenvalue weighted by molar-refractivity contribution is 6.04. The number of hydrazone groups is 1. The van der Waals surface area contributed by atoms with Gasteiger partial charge in [0.1, 0.15) is 0 Å². The number of carbonyl (C=O) groups excluding carboxylic acids is 3. The molecule has 1 saturated carbocycles. The largest absolute Gasteiger partial charge is 0.467 e. The van der Waals surface area contributed by atoms with Crippen LogP contribution in [-0.2, 0) is 23.9 Å². The quantitative estimate of drug-likeness (QED) is 0.519. The molecule has 174 valence electrons. The SMILES string of the molecule is COC(=O)C1=C(NC2CCCCC2)C(C#N)C(=O)N(/N=C/c2cccc(C)c2)C1C(=O)OC. The molecule has 0 bridgehead atoms. The number of benzene rings is 1. The fraction of sp³-hybridized carbons (Fsp3) is 0.458. The lowest BCUT2D eigenvalue weighted by atomic mass is 9.88. The van der Waals surface area contributed by atoms with Crippen LogP contribution in [0, 0.1) is 24.2 Å². The lowest BCUT2D eigenvalue weighted by Gasteiger charge is -2.37. The molecule has 0 radical (unpaired) electrons. The lowest BCUT2D eigenvalue weighted by Crippen LogP contribution is -2.55. The van der Waals surface area contributed by atoms with Gasteiger partial charge in [0.15, 0.2) is 12.0 Å². The summed E-state index contributed by atoms with van der Waals surface area (Å²) in [5, 5.41) is 18.1. The Morgan fingerprint density at radius 3 is 2.55 bits per heavy atom. The smallest absolute Gasteiger partial charge is 0.338 e. The monoisotopic (exact) mass is 452 g/mol. The van der Waals surface area contributed by atoms with Crippen LogP contribution in [0.3, 0.4) is 0 Å². The Kier molecular flexibility index (Phi) is 7.83. The molecule has 3 rings (SSSR count). The van der Waals surface area contributed by atoms with Gasteiger partial charge < -0.3 is 14.8 Å². The van der Waals surface area contributed by atoms with Crippen molar-refractivity contribution in [1.29, 1.82) is 5.26 Å². The van der Waals surface area contributed by atoms with Crippen molar-refractivity contribution in [3.05, 3.63) is 46.7 Å². The first kappa shape index (κ1) is 24.0. The van der Waals surface area contributed by atoms with Gasteiger partial charge in [0.2, 0.25) is 0 Å². The molecule has 2 aliphatic rings. The van der Waals surface area contributed by atoms with Crippen LogP contribution in [0.25, 0.3) is 0 Å². The van der Waals surface area contributed by atoms with Crippen LogP contribution < -0.4 is 5.32 Å². The van der Waals surface area contributed by atoms with Crippen LogP contribution >= 0.6 is 0 Å². The second-order valence-electron chi connectivity index (χ2n) is 8.13. The van der Waals surface area contributed by atoms with Crippen molar-refractivity contribution in [2.75, 3.05) is 14.2 Å². The van der Waals surface area contributed by atoms with Gasteiger partial charge in [-0.15, -0.1) is 0 Å². The van der Waals surface area contributed by atoms with Crippen molar-refractivity contribution in [3.63, 3.8) is 0 Å². The van der Waals surface area contributed by atoms with Crippen LogP contribution in [0.1, 0.15) is 43.2 Å². The predicted molar refractivity (Wildman–Crippen MR) is 120 cm³/mol. The normalized spacial score (nSPS) is 21.6. The van der Waals surface area contributed by atoms with Gasteiger partial charge in [0, 0.05) is 6.04 Å². The van der Waals surface area contributed by atoms with Crippen molar-refractivity contribution in [1.82, 2.24) is 10.3 Å². The van der Waals surface area contributed by atoms with E-state index in [2.05, 4.69) is 10.4 Å². The number of nitrogens with one attached hydrogen (secondary N) is 1. The second kappa shape index (κ2) is 10.8. The van der Waals surface area contributed by atoms with E-state index in [-0.39, 0.29) is 17.3 Å². The summed E-state index contributed by atoms with van der Waals surface area (Å²) in [6, 6.07) is 7.85. The molecule has 9 nitrogen and oxygen atoms in total. The number of hydrogen-bond donors (Lipinski definition) is 1. The van der Waals surface area contributed by atoms with Crippen molar-refractivity contribution < 1.29 is 23.9 Å². The molecule has 9 heteroatoms. The zero-order valence-electron chi connectivity index (χ0n) is 19.0. The zero-order chi connectivity index (χ0) is 24.0. The summed E-state index contributed by atoms with van der Waals surface area (Å²) in [6.07, 6.45) is 6.18. The Bertz CT molecular complexity index is 1020. The van der Waals surface area contributed by atoms with Crippen molar-refractivity contribution in [2.24, 2.45) is 11.0 Å². The molecule has 0 aromatic heterocycles. The van der Waals surface area contributed by atoms with Gasteiger partial charge in [-0.3, -0.25) is 4.79 Å². The summed E-state index contributed by atoms with van der Waals surface area (Å²) < 4.78 is 9.86. The maximum atomic E-state index is 13.3.